The molecule has 1 unspecified atom stereocenters. The van der Waals surface area contributed by atoms with Crippen LogP contribution in [0.2, 0.25) is 0 Å². The molecule has 1 atom stereocenters. The van der Waals surface area contributed by atoms with Crippen LogP contribution in [-0.4, -0.2) is 16.1 Å². The number of thiazole rings is 1. The first kappa shape index (κ1) is 13.0. The summed E-state index contributed by atoms with van der Waals surface area (Å²) in [6, 6.07) is 0. The van der Waals surface area contributed by atoms with E-state index in [9.17, 15) is 4.79 Å². The number of nitrogens with zero attached hydrogens (tertiary/aromatic N) is 1. The minimum Gasteiger partial charge on any atom is -0.476 e. The summed E-state index contributed by atoms with van der Waals surface area (Å²) in [5, 5.41) is 9.94. The second-order valence-corrected chi connectivity index (χ2v) is 6.21. The van der Waals surface area contributed by atoms with Crippen molar-refractivity contribution in [3.8, 4) is 0 Å². The molecule has 1 heterocycles. The number of carboxylic acid groups (broad SMARTS) is 1. The first-order valence-electron chi connectivity index (χ1n) is 5.20. The van der Waals surface area contributed by atoms with Crippen LogP contribution in [0.1, 0.15) is 43.2 Å². The molecular weight excluding hydrogens is 224 g/mol. The summed E-state index contributed by atoms with van der Waals surface area (Å²) in [7, 11) is 0. The van der Waals surface area contributed by atoms with Crippen molar-refractivity contribution in [2.45, 2.75) is 34.1 Å². The maximum absolute atomic E-state index is 10.8. The Morgan fingerprint density at radius 3 is 2.50 bits per heavy atom. The summed E-state index contributed by atoms with van der Waals surface area (Å²) in [6.45, 7) is 8.62. The van der Waals surface area contributed by atoms with E-state index in [1.54, 1.807) is 0 Å². The van der Waals surface area contributed by atoms with Crippen molar-refractivity contribution in [3.05, 3.63) is 10.7 Å². The Kier molecular flexibility index (Phi) is 3.57. The molecule has 16 heavy (non-hydrogen) atoms. The van der Waals surface area contributed by atoms with E-state index in [1.165, 1.54) is 11.3 Å². The van der Waals surface area contributed by atoms with E-state index in [0.29, 0.717) is 10.9 Å². The third kappa shape index (κ3) is 2.95. The molecule has 0 saturated heterocycles. The second-order valence-electron chi connectivity index (χ2n) is 5.10. The second kappa shape index (κ2) is 4.41. The van der Waals surface area contributed by atoms with Crippen molar-refractivity contribution >= 4 is 22.3 Å². The van der Waals surface area contributed by atoms with Gasteiger partial charge in [0.05, 0.1) is 5.01 Å². The quantitative estimate of drug-likeness (QED) is 0.854. The van der Waals surface area contributed by atoms with Gasteiger partial charge in [-0.3, -0.25) is 0 Å². The van der Waals surface area contributed by atoms with Crippen LogP contribution in [-0.2, 0) is 6.42 Å². The van der Waals surface area contributed by atoms with Crippen LogP contribution in [0.3, 0.4) is 0 Å². The number of carbonyl (C=O) groups is 1. The summed E-state index contributed by atoms with van der Waals surface area (Å²) in [5.41, 5.74) is 5.77. The molecule has 0 saturated carbocycles. The van der Waals surface area contributed by atoms with Crippen LogP contribution >= 0.6 is 11.3 Å². The lowest BCUT2D eigenvalue weighted by molar-refractivity contribution is 0.0692. The zero-order valence-corrected chi connectivity index (χ0v) is 10.9. The third-order valence-corrected chi connectivity index (χ3v) is 3.77. The van der Waals surface area contributed by atoms with Crippen LogP contribution in [0.5, 0.6) is 0 Å². The number of rotatable bonds is 3. The molecule has 0 radical (unpaired) electrons. The van der Waals surface area contributed by atoms with Crippen molar-refractivity contribution < 1.29 is 9.90 Å². The number of carboxylic acids is 1. The van der Waals surface area contributed by atoms with E-state index in [-0.39, 0.29) is 11.1 Å². The Labute approximate surface area is 99.5 Å². The van der Waals surface area contributed by atoms with Crippen LogP contribution in [0.25, 0.3) is 0 Å². The van der Waals surface area contributed by atoms with Gasteiger partial charge in [-0.25, -0.2) is 9.78 Å². The van der Waals surface area contributed by atoms with Crippen LogP contribution < -0.4 is 5.73 Å². The summed E-state index contributed by atoms with van der Waals surface area (Å²) in [5.74, 6) is -0.622. The van der Waals surface area contributed by atoms with Crippen LogP contribution in [0.4, 0.5) is 5.00 Å². The fraction of sp³-hybridized carbons (Fsp3) is 0.636. The fourth-order valence-electron chi connectivity index (χ4n) is 1.19. The molecule has 4 nitrogen and oxygen atoms in total. The smallest absolute Gasteiger partial charge is 0.357 e. The van der Waals surface area contributed by atoms with Crippen molar-refractivity contribution in [2.24, 2.45) is 11.3 Å². The maximum Gasteiger partial charge on any atom is 0.357 e. The molecule has 1 aromatic heterocycles. The number of nitrogens with two attached hydrogens (primary N) is 1. The Hall–Kier alpha value is -1.10. The molecule has 1 rings (SSSR count). The van der Waals surface area contributed by atoms with Gasteiger partial charge in [0.25, 0.3) is 0 Å². The molecule has 90 valence electrons. The van der Waals surface area contributed by atoms with Crippen molar-refractivity contribution in [2.75, 3.05) is 5.73 Å². The van der Waals surface area contributed by atoms with Gasteiger partial charge in [0.1, 0.15) is 5.00 Å². The van der Waals surface area contributed by atoms with Gasteiger partial charge in [-0.1, -0.05) is 27.7 Å². The highest BCUT2D eigenvalue weighted by Crippen LogP contribution is 2.31. The van der Waals surface area contributed by atoms with Gasteiger partial charge >= 0.3 is 5.97 Å². The minimum absolute atomic E-state index is 0.0129. The topological polar surface area (TPSA) is 76.2 Å². The molecule has 0 bridgehead atoms. The Bertz CT molecular complexity index is 393. The van der Waals surface area contributed by atoms with E-state index in [1.807, 2.05) is 0 Å². The number of nitrogen functional groups attached to an aromatic ring is 1. The van der Waals surface area contributed by atoms with Gasteiger partial charge in [-0.15, -0.1) is 11.3 Å². The van der Waals surface area contributed by atoms with Crippen molar-refractivity contribution in [1.29, 1.82) is 0 Å². The Morgan fingerprint density at radius 1 is 1.56 bits per heavy atom. The van der Waals surface area contributed by atoms with E-state index in [0.717, 1.165) is 11.4 Å². The highest BCUT2D eigenvalue weighted by molar-refractivity contribution is 7.15. The summed E-state index contributed by atoms with van der Waals surface area (Å²) in [6.07, 6.45) is 0.769. The summed E-state index contributed by atoms with van der Waals surface area (Å²) >= 11 is 1.27. The average molecular weight is 242 g/mol. The van der Waals surface area contributed by atoms with Crippen molar-refractivity contribution in [1.82, 2.24) is 4.98 Å². The van der Waals surface area contributed by atoms with Gasteiger partial charge in [-0.05, 0) is 11.3 Å². The number of aromatic carboxylic acids is 1. The van der Waals surface area contributed by atoms with Gasteiger partial charge in [0.15, 0.2) is 5.69 Å². The number of anilines is 1. The van der Waals surface area contributed by atoms with E-state index >= 15 is 0 Å². The Morgan fingerprint density at radius 2 is 2.12 bits per heavy atom. The maximum atomic E-state index is 10.8. The zero-order chi connectivity index (χ0) is 12.5. The predicted octanol–water partition coefficient (Wildman–Crippen LogP) is 2.65. The first-order chi connectivity index (χ1) is 7.21. The first-order valence-corrected chi connectivity index (χ1v) is 6.02. The number of aromatic nitrogens is 1. The number of hydrogen-bond acceptors (Lipinski definition) is 4. The fourth-order valence-corrected chi connectivity index (χ4v) is 2.14. The lowest BCUT2D eigenvalue weighted by atomic mass is 9.80. The Balaban J connectivity index is 2.84. The third-order valence-electron chi connectivity index (χ3n) is 2.86. The lowest BCUT2D eigenvalue weighted by Crippen LogP contribution is -2.19. The molecular formula is C11H18N2O2S. The lowest BCUT2D eigenvalue weighted by Gasteiger charge is -2.26. The normalized spacial score (nSPS) is 13.8. The summed E-state index contributed by atoms with van der Waals surface area (Å²) < 4.78 is 0. The average Bonchev–Trinajstić information content (AvgIpc) is 2.45. The predicted molar refractivity (Wildman–Crippen MR) is 65.8 cm³/mol. The molecule has 5 heteroatoms. The molecule has 0 amide bonds. The largest absolute Gasteiger partial charge is 0.476 e. The van der Waals surface area contributed by atoms with Gasteiger partial charge in [0, 0.05) is 6.42 Å². The molecule has 0 spiro atoms. The van der Waals surface area contributed by atoms with Crippen LogP contribution in [0.15, 0.2) is 0 Å². The molecule has 0 aliphatic carbocycles. The molecule has 0 aromatic carbocycles. The van der Waals surface area contributed by atoms with Gasteiger partial charge in [0.2, 0.25) is 0 Å². The molecule has 0 aliphatic heterocycles. The standard InChI is InChI=1S/C11H18N2O2S/c1-6(11(2,3)4)5-7-13-8(10(14)15)9(12)16-7/h6H,5,12H2,1-4H3,(H,14,15). The zero-order valence-electron chi connectivity index (χ0n) is 10.1. The highest BCUT2D eigenvalue weighted by Gasteiger charge is 2.23. The summed E-state index contributed by atoms with van der Waals surface area (Å²) in [4.78, 5) is 14.8. The molecule has 1 aromatic rings. The monoisotopic (exact) mass is 242 g/mol. The number of hydrogen-bond donors (Lipinski definition) is 2. The van der Waals surface area contributed by atoms with E-state index in [4.69, 9.17) is 10.8 Å². The van der Waals surface area contributed by atoms with E-state index < -0.39 is 5.97 Å². The minimum atomic E-state index is -1.05. The van der Waals surface area contributed by atoms with Crippen LogP contribution in [0, 0.1) is 11.3 Å². The van der Waals surface area contributed by atoms with Gasteiger partial charge < -0.3 is 10.8 Å². The molecule has 0 fully saturated rings. The molecule has 3 N–H and O–H groups in total. The molecule has 0 aliphatic rings. The highest BCUT2D eigenvalue weighted by atomic mass is 32.1. The van der Waals surface area contributed by atoms with Crippen molar-refractivity contribution in [3.63, 3.8) is 0 Å². The van der Waals surface area contributed by atoms with E-state index in [2.05, 4.69) is 32.7 Å². The van der Waals surface area contributed by atoms with Gasteiger partial charge in [-0.2, -0.15) is 0 Å². The SMILES string of the molecule is CC(Cc1nc(C(=O)O)c(N)s1)C(C)(C)C.